The largest absolute Gasteiger partial charge is 0.376 e. The number of nitrogens with zero attached hydrogens (tertiary/aromatic N) is 1. The molecule has 0 aliphatic carbocycles. The fourth-order valence-corrected chi connectivity index (χ4v) is 4.23. The van der Waals surface area contributed by atoms with Gasteiger partial charge in [-0.25, -0.2) is 4.39 Å². The lowest BCUT2D eigenvalue weighted by molar-refractivity contribution is 0.113. The highest BCUT2D eigenvalue weighted by atomic mass is 32.1. The highest BCUT2D eigenvalue weighted by Crippen LogP contribution is 2.20. The van der Waals surface area contributed by atoms with Crippen LogP contribution in [0.15, 0.2) is 47.3 Å². The number of hydrogen-bond acceptors (Lipinski definition) is 3. The van der Waals surface area contributed by atoms with Crippen molar-refractivity contribution in [2.24, 2.45) is 0 Å². The zero-order valence-electron chi connectivity index (χ0n) is 18.4. The molecule has 2 heterocycles. The van der Waals surface area contributed by atoms with E-state index in [1.54, 1.807) is 12.1 Å². The van der Waals surface area contributed by atoms with Crippen molar-refractivity contribution in [1.82, 2.24) is 15.2 Å². The van der Waals surface area contributed by atoms with Crippen molar-refractivity contribution in [1.29, 1.82) is 0 Å². The maximum Gasteiger partial charge on any atom is 0.253 e. The van der Waals surface area contributed by atoms with E-state index in [-0.39, 0.29) is 17.5 Å². The molecule has 32 heavy (non-hydrogen) atoms. The standard InChI is InChI=1S/C25H28FN3O2S/c1-16-5-8-19-12-20(24(30)28-23(19)17(16)2)15-29(14-18-6-9-21(26)10-7-18)25(32)27-13-22-4-3-11-31-22/h5-10,12,22H,3-4,11,13-15H2,1-2H3,(H,27,32)(H,28,30)/t22-/m1/s1. The first-order valence-electron chi connectivity index (χ1n) is 10.9. The number of pyridine rings is 1. The smallest absolute Gasteiger partial charge is 0.253 e. The van der Waals surface area contributed by atoms with Crippen molar-refractivity contribution >= 4 is 28.2 Å². The van der Waals surface area contributed by atoms with E-state index in [2.05, 4.69) is 16.4 Å². The van der Waals surface area contributed by atoms with Crippen molar-refractivity contribution in [3.8, 4) is 0 Å². The summed E-state index contributed by atoms with van der Waals surface area (Å²) in [6, 6.07) is 12.4. The van der Waals surface area contributed by atoms with Crippen LogP contribution in [0.5, 0.6) is 0 Å². The summed E-state index contributed by atoms with van der Waals surface area (Å²) in [5.41, 5.74) is 4.49. The molecule has 0 radical (unpaired) electrons. The Balaban J connectivity index is 1.59. The fraction of sp³-hybridized carbons (Fsp3) is 0.360. The van der Waals surface area contributed by atoms with Gasteiger partial charge in [0, 0.05) is 25.3 Å². The first-order chi connectivity index (χ1) is 15.4. The molecule has 7 heteroatoms. The van der Waals surface area contributed by atoms with Crippen molar-refractivity contribution < 1.29 is 9.13 Å². The summed E-state index contributed by atoms with van der Waals surface area (Å²) in [5.74, 6) is -0.281. The van der Waals surface area contributed by atoms with Gasteiger partial charge < -0.3 is 19.9 Å². The quantitative estimate of drug-likeness (QED) is 0.544. The van der Waals surface area contributed by atoms with Crippen LogP contribution in [-0.2, 0) is 17.8 Å². The van der Waals surface area contributed by atoms with Crippen LogP contribution in [0.4, 0.5) is 4.39 Å². The molecular weight excluding hydrogens is 425 g/mol. The number of benzene rings is 2. The second kappa shape index (κ2) is 9.79. The van der Waals surface area contributed by atoms with E-state index >= 15 is 0 Å². The lowest BCUT2D eigenvalue weighted by atomic mass is 10.0. The minimum atomic E-state index is -0.281. The zero-order chi connectivity index (χ0) is 22.7. The third-order valence-corrected chi connectivity index (χ3v) is 6.47. The third-order valence-electron chi connectivity index (χ3n) is 6.07. The minimum absolute atomic E-state index is 0.128. The molecule has 1 atom stereocenters. The van der Waals surface area contributed by atoms with Crippen molar-refractivity contribution in [2.75, 3.05) is 13.2 Å². The van der Waals surface area contributed by atoms with Crippen molar-refractivity contribution in [3.05, 3.63) is 80.9 Å². The Labute approximate surface area is 192 Å². The van der Waals surface area contributed by atoms with Gasteiger partial charge in [0.1, 0.15) is 5.82 Å². The predicted molar refractivity (Wildman–Crippen MR) is 129 cm³/mol. The third kappa shape index (κ3) is 5.16. The molecule has 0 saturated carbocycles. The number of aromatic nitrogens is 1. The Kier molecular flexibility index (Phi) is 6.86. The molecule has 1 saturated heterocycles. The molecule has 0 unspecified atom stereocenters. The van der Waals surface area contributed by atoms with Gasteiger partial charge in [-0.15, -0.1) is 0 Å². The summed E-state index contributed by atoms with van der Waals surface area (Å²) >= 11 is 5.68. The van der Waals surface area contributed by atoms with Gasteiger partial charge in [0.25, 0.3) is 5.56 Å². The lowest BCUT2D eigenvalue weighted by Gasteiger charge is -2.27. The van der Waals surface area contributed by atoms with Gasteiger partial charge >= 0.3 is 0 Å². The molecule has 0 bridgehead atoms. The number of H-pyrrole nitrogens is 1. The number of fused-ring (bicyclic) bond motifs is 1. The number of aryl methyl sites for hydroxylation is 2. The Hall–Kier alpha value is -2.77. The van der Waals surface area contributed by atoms with Crippen LogP contribution in [0.25, 0.3) is 10.9 Å². The van der Waals surface area contributed by atoms with Gasteiger partial charge in [-0.2, -0.15) is 0 Å². The summed E-state index contributed by atoms with van der Waals surface area (Å²) in [7, 11) is 0. The second-order valence-corrected chi connectivity index (χ2v) is 8.79. The molecule has 0 spiro atoms. The summed E-state index contributed by atoms with van der Waals surface area (Å²) in [6.07, 6.45) is 2.22. The number of nitrogens with one attached hydrogen (secondary N) is 2. The minimum Gasteiger partial charge on any atom is -0.376 e. The predicted octanol–water partition coefficient (Wildman–Crippen LogP) is 4.34. The topological polar surface area (TPSA) is 57.4 Å². The Bertz CT molecular complexity index is 1170. The van der Waals surface area contributed by atoms with Crippen LogP contribution in [0, 0.1) is 19.7 Å². The van der Waals surface area contributed by atoms with Crippen LogP contribution in [-0.4, -0.2) is 34.3 Å². The first-order valence-corrected chi connectivity index (χ1v) is 11.3. The normalized spacial score (nSPS) is 15.8. The highest BCUT2D eigenvalue weighted by molar-refractivity contribution is 7.80. The lowest BCUT2D eigenvalue weighted by Crippen LogP contribution is -2.42. The molecule has 1 fully saturated rings. The maximum atomic E-state index is 13.4. The molecule has 1 aliphatic heterocycles. The highest BCUT2D eigenvalue weighted by Gasteiger charge is 2.19. The Morgan fingerprint density at radius 3 is 2.72 bits per heavy atom. The molecule has 2 N–H and O–H groups in total. The van der Waals surface area contributed by atoms with Crippen LogP contribution < -0.4 is 10.9 Å². The molecule has 2 aromatic carbocycles. The summed E-state index contributed by atoms with van der Waals surface area (Å²) in [5, 5.41) is 4.83. The van der Waals surface area contributed by atoms with E-state index in [0.717, 1.165) is 47.0 Å². The molecule has 4 rings (SSSR count). The zero-order valence-corrected chi connectivity index (χ0v) is 19.2. The molecule has 3 aromatic rings. The molecule has 1 aromatic heterocycles. The van der Waals surface area contributed by atoms with Gasteiger partial charge in [-0.1, -0.05) is 24.3 Å². The van der Waals surface area contributed by atoms with Gasteiger partial charge in [-0.3, -0.25) is 4.79 Å². The van der Waals surface area contributed by atoms with Crippen LogP contribution in [0.3, 0.4) is 0 Å². The van der Waals surface area contributed by atoms with E-state index in [0.29, 0.717) is 30.3 Å². The number of halogens is 1. The number of aromatic amines is 1. The van der Waals surface area contributed by atoms with Gasteiger partial charge in [0.05, 0.1) is 18.2 Å². The van der Waals surface area contributed by atoms with E-state index in [1.807, 2.05) is 30.9 Å². The van der Waals surface area contributed by atoms with E-state index in [1.165, 1.54) is 12.1 Å². The van der Waals surface area contributed by atoms with E-state index < -0.39 is 0 Å². The van der Waals surface area contributed by atoms with Gasteiger partial charge in [0.15, 0.2) is 5.11 Å². The Morgan fingerprint density at radius 1 is 1.22 bits per heavy atom. The Morgan fingerprint density at radius 2 is 2.00 bits per heavy atom. The van der Waals surface area contributed by atoms with Gasteiger partial charge in [-0.05, 0) is 79.2 Å². The second-order valence-electron chi connectivity index (χ2n) is 8.40. The average molecular weight is 454 g/mol. The van der Waals surface area contributed by atoms with Crippen molar-refractivity contribution in [3.63, 3.8) is 0 Å². The fourth-order valence-electron chi connectivity index (χ4n) is 4.02. The van der Waals surface area contributed by atoms with E-state index in [4.69, 9.17) is 17.0 Å². The van der Waals surface area contributed by atoms with Crippen LogP contribution in [0.2, 0.25) is 0 Å². The summed E-state index contributed by atoms with van der Waals surface area (Å²) in [4.78, 5) is 17.9. The van der Waals surface area contributed by atoms with Crippen LogP contribution >= 0.6 is 12.2 Å². The average Bonchev–Trinajstić information content (AvgIpc) is 3.30. The summed E-state index contributed by atoms with van der Waals surface area (Å²) in [6.45, 7) is 6.26. The maximum absolute atomic E-state index is 13.4. The number of hydrogen-bond donors (Lipinski definition) is 2. The van der Waals surface area contributed by atoms with Crippen molar-refractivity contribution in [2.45, 2.75) is 45.9 Å². The molecule has 5 nitrogen and oxygen atoms in total. The van der Waals surface area contributed by atoms with Crippen LogP contribution in [0.1, 0.15) is 35.1 Å². The molecule has 1 aliphatic rings. The monoisotopic (exact) mass is 453 g/mol. The number of thiocarbonyl (C=S) groups is 1. The summed E-state index contributed by atoms with van der Waals surface area (Å²) < 4.78 is 19.1. The number of rotatable bonds is 6. The van der Waals surface area contributed by atoms with E-state index in [9.17, 15) is 9.18 Å². The number of ether oxygens (including phenoxy) is 1. The molecular formula is C25H28FN3O2S. The SMILES string of the molecule is Cc1ccc2cc(CN(Cc3ccc(F)cc3)C(=S)NC[C@H]3CCCO3)c(=O)[nH]c2c1C. The first kappa shape index (κ1) is 22.4. The van der Waals surface area contributed by atoms with Gasteiger partial charge in [0.2, 0.25) is 0 Å². The molecule has 168 valence electrons. The molecule has 0 amide bonds.